The number of aliphatic imine (C=N–C) groups is 1. The van der Waals surface area contributed by atoms with E-state index in [9.17, 15) is 4.79 Å². The number of rotatable bonds is 7. The Labute approximate surface area is 215 Å². The molecule has 3 heterocycles. The lowest BCUT2D eigenvalue weighted by atomic mass is 9.98. The summed E-state index contributed by atoms with van der Waals surface area (Å²) in [6.45, 7) is 12.2. The summed E-state index contributed by atoms with van der Waals surface area (Å²) >= 11 is 1.69. The molecule has 2 N–H and O–H groups in total. The number of thiophene rings is 1. The first kappa shape index (κ1) is 25.9. The number of hydrogen-bond donors (Lipinski definition) is 2. The molecular formula is C27H33N5O3S. The van der Waals surface area contributed by atoms with E-state index in [0.29, 0.717) is 12.4 Å². The van der Waals surface area contributed by atoms with Gasteiger partial charge in [0.05, 0.1) is 12.1 Å². The van der Waals surface area contributed by atoms with Crippen LogP contribution >= 0.6 is 11.3 Å². The van der Waals surface area contributed by atoms with Crippen molar-refractivity contribution in [2.75, 3.05) is 6.54 Å². The number of benzene rings is 1. The van der Waals surface area contributed by atoms with Crippen molar-refractivity contribution in [1.29, 1.82) is 0 Å². The topological polar surface area (TPSA) is 102 Å². The molecule has 1 unspecified atom stereocenters. The van der Waals surface area contributed by atoms with Gasteiger partial charge in [-0.1, -0.05) is 36.4 Å². The molecule has 1 aliphatic rings. The van der Waals surface area contributed by atoms with Crippen LogP contribution in [0, 0.1) is 20.8 Å². The summed E-state index contributed by atoms with van der Waals surface area (Å²) in [6, 6.07) is 7.69. The van der Waals surface area contributed by atoms with Crippen LogP contribution in [0.5, 0.6) is 0 Å². The minimum Gasteiger partial charge on any atom is -0.460 e. The minimum atomic E-state index is -0.583. The summed E-state index contributed by atoms with van der Waals surface area (Å²) in [4.78, 5) is 19.2. The van der Waals surface area contributed by atoms with Crippen LogP contribution in [0.2, 0.25) is 0 Å². The van der Waals surface area contributed by atoms with Gasteiger partial charge in [0, 0.05) is 22.5 Å². The van der Waals surface area contributed by atoms with Crippen molar-refractivity contribution in [2.45, 2.75) is 66.0 Å². The highest BCUT2D eigenvalue weighted by Gasteiger charge is 2.33. The largest absolute Gasteiger partial charge is 0.460 e. The number of hydrogen-bond acceptors (Lipinski definition) is 8. The van der Waals surface area contributed by atoms with Gasteiger partial charge in [-0.2, -0.15) is 0 Å². The second kappa shape index (κ2) is 10.5. The Morgan fingerprint density at radius 2 is 1.92 bits per heavy atom. The Hall–Kier alpha value is -3.14. The third kappa shape index (κ3) is 5.48. The van der Waals surface area contributed by atoms with Crippen LogP contribution < -0.4 is 5.48 Å². The molecule has 0 radical (unpaired) electrons. The van der Waals surface area contributed by atoms with Gasteiger partial charge in [-0.3, -0.25) is 14.4 Å². The van der Waals surface area contributed by atoms with Gasteiger partial charge in [0.15, 0.2) is 5.82 Å². The van der Waals surface area contributed by atoms with E-state index in [1.165, 1.54) is 4.88 Å². The number of nitrogens with zero attached hydrogens (tertiary/aromatic N) is 4. The molecule has 2 aromatic heterocycles. The number of aromatic nitrogens is 3. The van der Waals surface area contributed by atoms with Gasteiger partial charge in [0.25, 0.3) is 0 Å². The number of nitrogens with one attached hydrogen (secondary N) is 1. The van der Waals surface area contributed by atoms with Gasteiger partial charge in [0.1, 0.15) is 22.5 Å². The Balaban J connectivity index is 1.80. The Morgan fingerprint density at radius 3 is 2.58 bits per heavy atom. The Morgan fingerprint density at radius 1 is 1.19 bits per heavy atom. The van der Waals surface area contributed by atoms with Crippen molar-refractivity contribution < 1.29 is 14.7 Å². The molecule has 0 saturated carbocycles. The highest BCUT2D eigenvalue weighted by molar-refractivity contribution is 7.15. The summed E-state index contributed by atoms with van der Waals surface area (Å²) < 4.78 is 7.66. The number of ether oxygens (including phenoxy) is 1. The summed E-state index contributed by atoms with van der Waals surface area (Å²) in [5.74, 6) is 1.09. The monoisotopic (exact) mass is 507 g/mol. The third-order valence-corrected chi connectivity index (χ3v) is 7.13. The number of fused-ring (bicyclic) bond motifs is 3. The molecule has 4 rings (SSSR count). The predicted octanol–water partition coefficient (Wildman–Crippen LogP) is 5.26. The Bertz CT molecular complexity index is 1310. The number of carbonyl (C=O) groups is 1. The molecule has 0 fully saturated rings. The van der Waals surface area contributed by atoms with Crippen molar-refractivity contribution >= 4 is 29.1 Å². The van der Waals surface area contributed by atoms with Crippen LogP contribution in [0.3, 0.4) is 0 Å². The molecule has 1 atom stereocenters. The number of aryl methyl sites for hydroxylation is 2. The zero-order chi connectivity index (χ0) is 26.0. The van der Waals surface area contributed by atoms with Gasteiger partial charge >= 0.3 is 5.97 Å². The van der Waals surface area contributed by atoms with E-state index in [4.69, 9.17) is 14.9 Å². The fourth-order valence-electron chi connectivity index (χ4n) is 4.19. The fraction of sp³-hybridized carbons (Fsp3) is 0.407. The lowest BCUT2D eigenvalue weighted by molar-refractivity contribution is -0.155. The van der Waals surface area contributed by atoms with E-state index in [1.807, 2.05) is 56.5 Å². The Kier molecular flexibility index (Phi) is 7.54. The quantitative estimate of drug-likeness (QED) is 0.257. The summed E-state index contributed by atoms with van der Waals surface area (Å²) in [5, 5.41) is 18.5. The maximum atomic E-state index is 12.8. The molecular weight excluding hydrogens is 474 g/mol. The highest BCUT2D eigenvalue weighted by atomic mass is 32.1. The summed E-state index contributed by atoms with van der Waals surface area (Å²) in [5.41, 5.74) is 6.65. The molecule has 8 nitrogen and oxygen atoms in total. The second-order valence-electron chi connectivity index (χ2n) is 9.91. The summed E-state index contributed by atoms with van der Waals surface area (Å²) in [6.07, 6.45) is 4.84. The van der Waals surface area contributed by atoms with Crippen molar-refractivity contribution in [1.82, 2.24) is 20.2 Å². The predicted molar refractivity (Wildman–Crippen MR) is 142 cm³/mol. The van der Waals surface area contributed by atoms with E-state index in [0.717, 1.165) is 45.2 Å². The van der Waals surface area contributed by atoms with Gasteiger partial charge in [-0.15, -0.1) is 21.5 Å². The van der Waals surface area contributed by atoms with Crippen LogP contribution in [0.1, 0.15) is 78.4 Å². The van der Waals surface area contributed by atoms with Gasteiger partial charge in [-0.25, -0.2) is 5.48 Å². The maximum absolute atomic E-state index is 12.8. The molecule has 0 spiro atoms. The van der Waals surface area contributed by atoms with E-state index in [2.05, 4.69) is 41.7 Å². The van der Waals surface area contributed by atoms with E-state index in [1.54, 1.807) is 11.3 Å². The van der Waals surface area contributed by atoms with Crippen LogP contribution in [0.25, 0.3) is 11.1 Å². The number of carbonyl (C=O) groups excluding carboxylic acids is 1. The molecule has 36 heavy (non-hydrogen) atoms. The second-order valence-corrected chi connectivity index (χ2v) is 11.1. The standard InChI is InChI=1S/C27H33N5O3S/c1-16-17(2)36-26-23(16)24(20-12-10-19(11-13-20)9-7-8-14-28-34)29-21(15-22(33)35-27(4,5)6)25-31-30-18(3)32(25)26/h7,9-13,21,28,34H,8,14-15H2,1-6H3/b9-7+. The molecule has 3 aromatic rings. The van der Waals surface area contributed by atoms with Gasteiger partial charge in [-0.05, 0) is 59.1 Å². The van der Waals surface area contributed by atoms with E-state index >= 15 is 0 Å². The first-order chi connectivity index (χ1) is 17.1. The fourth-order valence-corrected chi connectivity index (χ4v) is 5.40. The smallest absolute Gasteiger partial charge is 0.308 e. The number of hydroxylamine groups is 1. The van der Waals surface area contributed by atoms with Crippen LogP contribution in [0.4, 0.5) is 0 Å². The van der Waals surface area contributed by atoms with E-state index < -0.39 is 11.6 Å². The van der Waals surface area contributed by atoms with Crippen LogP contribution in [-0.2, 0) is 9.53 Å². The molecule has 0 amide bonds. The molecule has 1 aliphatic heterocycles. The van der Waals surface area contributed by atoms with Gasteiger partial charge < -0.3 is 9.94 Å². The van der Waals surface area contributed by atoms with Crippen molar-refractivity contribution in [2.24, 2.45) is 4.99 Å². The zero-order valence-electron chi connectivity index (χ0n) is 21.6. The first-order valence-corrected chi connectivity index (χ1v) is 12.9. The molecule has 0 bridgehead atoms. The van der Waals surface area contributed by atoms with Crippen LogP contribution in [0.15, 0.2) is 35.3 Å². The summed E-state index contributed by atoms with van der Waals surface area (Å²) in [7, 11) is 0. The SMILES string of the molecule is Cc1sc2c(c1C)C(c1ccc(/C=C/CCNO)cc1)=NC(CC(=O)OC(C)(C)C)c1nnc(C)n1-2. The lowest BCUT2D eigenvalue weighted by Crippen LogP contribution is -2.25. The average Bonchev–Trinajstić information content (AvgIpc) is 3.28. The highest BCUT2D eigenvalue weighted by Crippen LogP contribution is 2.39. The maximum Gasteiger partial charge on any atom is 0.308 e. The number of esters is 1. The zero-order valence-corrected chi connectivity index (χ0v) is 22.4. The van der Waals surface area contributed by atoms with E-state index in [-0.39, 0.29) is 12.4 Å². The minimum absolute atomic E-state index is 0.0750. The molecule has 0 aliphatic carbocycles. The third-order valence-electron chi connectivity index (χ3n) is 5.94. The van der Waals surface area contributed by atoms with Crippen LogP contribution in [-0.4, -0.2) is 43.8 Å². The van der Waals surface area contributed by atoms with Crippen molar-refractivity contribution in [3.8, 4) is 5.00 Å². The average molecular weight is 508 g/mol. The normalized spacial score (nSPS) is 15.4. The molecule has 0 saturated heterocycles. The molecule has 1 aromatic carbocycles. The molecule has 9 heteroatoms. The first-order valence-electron chi connectivity index (χ1n) is 12.0. The van der Waals surface area contributed by atoms with Crippen molar-refractivity contribution in [3.63, 3.8) is 0 Å². The lowest BCUT2D eigenvalue weighted by Gasteiger charge is -2.21. The van der Waals surface area contributed by atoms with Gasteiger partial charge in [0.2, 0.25) is 0 Å². The molecule has 190 valence electrons. The van der Waals surface area contributed by atoms with Crippen molar-refractivity contribution in [3.05, 3.63) is 69.1 Å².